The quantitative estimate of drug-likeness (QED) is 0.0517. The zero-order valence-corrected chi connectivity index (χ0v) is 76.4. The van der Waals surface area contributed by atoms with E-state index < -0.39 is 51.3 Å². The third-order valence-electron chi connectivity index (χ3n) is 18.3. The Kier molecular flexibility index (Phi) is 29.8. The number of phenolic OH excluding ortho intramolecular Hbond substituents is 6. The number of aromatic nitrogens is 4. The lowest BCUT2D eigenvalue weighted by Gasteiger charge is -2.13. The molecular formula is C79H65Br4F4N9O21S6. The summed E-state index contributed by atoms with van der Waals surface area (Å²) in [6.07, 6.45) is 8.47. The molecule has 0 spiro atoms. The number of amides is 6. The molecule has 5 aliphatic heterocycles. The number of carbonyl (C=O) groups is 6. The van der Waals surface area contributed by atoms with Crippen LogP contribution in [0.5, 0.6) is 69.0 Å². The molecule has 123 heavy (non-hydrogen) atoms. The number of carbonyl (C=O) groups excluding carboxylic acids is 6. The molecule has 0 bridgehead atoms. The first kappa shape index (κ1) is 93.0. The molecule has 6 aromatic carbocycles. The lowest BCUT2D eigenvalue weighted by atomic mass is 10.0. The van der Waals surface area contributed by atoms with Crippen molar-refractivity contribution in [3.63, 3.8) is 0 Å². The highest BCUT2D eigenvalue weighted by molar-refractivity contribution is 9.11. The third kappa shape index (κ3) is 20.4. The molecule has 3 fully saturated rings. The monoisotopic (exact) mass is 2060 g/mol. The summed E-state index contributed by atoms with van der Waals surface area (Å²) in [6.45, 7) is 2.83. The van der Waals surface area contributed by atoms with Crippen LogP contribution in [0.2, 0.25) is 0 Å². The number of hydrogen-bond donors (Lipinski definition) is 6. The number of imidazole rings is 1. The molecule has 0 unspecified atom stereocenters. The van der Waals surface area contributed by atoms with E-state index in [1.54, 1.807) is 82.2 Å². The Morgan fingerprint density at radius 3 is 1.32 bits per heavy atom. The summed E-state index contributed by atoms with van der Waals surface area (Å²) in [6, 6.07) is 15.9. The molecule has 0 radical (unpaired) electrons. The van der Waals surface area contributed by atoms with Crippen molar-refractivity contribution in [2.45, 2.75) is 38.5 Å². The van der Waals surface area contributed by atoms with Gasteiger partial charge in [-0.15, -0.1) is 0 Å². The van der Waals surface area contributed by atoms with Gasteiger partial charge in [-0.05, 0) is 212 Å². The Morgan fingerprint density at radius 1 is 0.463 bits per heavy atom. The molecule has 6 aliphatic rings. The second-order valence-corrected chi connectivity index (χ2v) is 35.2. The van der Waals surface area contributed by atoms with Crippen LogP contribution in [-0.2, 0) is 40.1 Å². The zero-order valence-electron chi connectivity index (χ0n) is 65.1. The van der Waals surface area contributed by atoms with Gasteiger partial charge < -0.3 is 59.1 Å². The number of rotatable bonds is 11. The Morgan fingerprint density at radius 2 is 0.878 bits per heavy atom. The van der Waals surface area contributed by atoms with Crippen molar-refractivity contribution < 1.29 is 105 Å². The first-order chi connectivity index (χ1) is 58.3. The van der Waals surface area contributed by atoms with Crippen LogP contribution in [0.4, 0.5) is 31.9 Å². The van der Waals surface area contributed by atoms with Crippen molar-refractivity contribution in [1.29, 1.82) is 0 Å². The summed E-state index contributed by atoms with van der Waals surface area (Å²) in [5.41, 5.74) is 3.67. The van der Waals surface area contributed by atoms with Crippen molar-refractivity contribution in [3.05, 3.63) is 216 Å². The van der Waals surface area contributed by atoms with Gasteiger partial charge in [0.05, 0.1) is 87.6 Å². The van der Waals surface area contributed by atoms with Crippen molar-refractivity contribution in [1.82, 2.24) is 33.2 Å². The fraction of sp³-hybridized carbons (Fsp3) is 0.215. The smallest absolute Gasteiger partial charge is 0.417 e. The van der Waals surface area contributed by atoms with E-state index in [0.717, 1.165) is 119 Å². The molecule has 16 rings (SSSR count). The molecule has 0 saturated carbocycles. The number of benzene rings is 6. The third-order valence-corrected chi connectivity index (χ3v) is 27.3. The van der Waals surface area contributed by atoms with Gasteiger partial charge in [-0.25, -0.2) is 9.37 Å². The number of aromatic hydroxyl groups is 6. The molecular weight excluding hydrogens is 2000 g/mol. The number of halogens is 8. The van der Waals surface area contributed by atoms with Gasteiger partial charge in [0.15, 0.2) is 89.4 Å². The van der Waals surface area contributed by atoms with Gasteiger partial charge in [-0.2, -0.15) is 13.2 Å². The van der Waals surface area contributed by atoms with Gasteiger partial charge in [-0.3, -0.25) is 81.4 Å². The van der Waals surface area contributed by atoms with E-state index in [9.17, 15) is 91.4 Å². The molecule has 44 heteroatoms. The van der Waals surface area contributed by atoms with E-state index >= 15 is 0 Å². The van der Waals surface area contributed by atoms with Gasteiger partial charge in [0, 0.05) is 66.6 Å². The van der Waals surface area contributed by atoms with Crippen LogP contribution in [0.3, 0.4) is 0 Å². The average molecular weight is 2060 g/mol. The number of hydrogen-bond acceptors (Lipinski definition) is 30. The van der Waals surface area contributed by atoms with Crippen molar-refractivity contribution in [2.75, 3.05) is 76.9 Å². The normalized spacial score (nSPS) is 16.2. The number of methoxy groups -OCH3 is 6. The number of thiazole rings is 3. The minimum atomic E-state index is -4.74. The largest absolute Gasteiger partial charge is 0.504 e. The van der Waals surface area contributed by atoms with Crippen LogP contribution >= 0.6 is 133 Å². The summed E-state index contributed by atoms with van der Waals surface area (Å²) in [7, 11) is 12.5. The zero-order chi connectivity index (χ0) is 89.7. The second kappa shape index (κ2) is 39.4. The van der Waals surface area contributed by atoms with Gasteiger partial charge in [-0.1, -0.05) is 81.8 Å². The fourth-order valence-corrected chi connectivity index (χ4v) is 19.3. The molecule has 644 valence electrons. The Hall–Kier alpha value is -10.7. The van der Waals surface area contributed by atoms with Crippen LogP contribution in [0.25, 0.3) is 40.9 Å². The van der Waals surface area contributed by atoms with E-state index in [4.69, 9.17) is 28.4 Å². The summed E-state index contributed by atoms with van der Waals surface area (Å²) in [5.74, 6) is -2.11. The number of likely N-dealkylation sites (N-methyl/N-ethyl adjacent to an activating group) is 3. The lowest BCUT2D eigenvalue weighted by molar-refractivity contribution is -0.138. The highest BCUT2D eigenvalue weighted by Crippen LogP contribution is 2.47. The Labute approximate surface area is 750 Å². The summed E-state index contributed by atoms with van der Waals surface area (Å²) >= 11 is 19.5. The molecule has 6 N–H and O–H groups in total. The second-order valence-electron chi connectivity index (χ2n) is 25.9. The number of alkyl halides is 3. The maximum atomic E-state index is 13.8. The number of nitrogens with zero attached hydrogens (tertiary/aromatic N) is 9. The average Bonchev–Trinajstić information content (AvgIpc) is 1.54. The van der Waals surface area contributed by atoms with E-state index in [1.807, 2.05) is 0 Å². The Balaban J connectivity index is 0.000000144. The first-order valence-corrected chi connectivity index (χ1v) is 43.4. The molecule has 9 heterocycles. The van der Waals surface area contributed by atoms with E-state index in [2.05, 4.69) is 78.7 Å². The van der Waals surface area contributed by atoms with Crippen LogP contribution < -0.4 is 68.3 Å². The summed E-state index contributed by atoms with van der Waals surface area (Å²) in [4.78, 5) is 125. The standard InChI is InChI=1S/C14H13BrN2O3S.C14H13NO4S.C13H11BrN2O3S.C13H9BrN2O3S.C13H10F3NO4S.C12H9BrFNO4S/c1-20-11-5-8(9(15)7-10(11)18)6-12-13(19)17-4-2-3-16-14(17)21-12;1-15-13(17)12(20-14(15)18)8-4-3-7-5-10(16)11(19-2)6-9(7)8;2*1-19-10-4-7(8(14)6-9(10)17)5-11-12(18)16-3-2-15-13(16)20-11;1-17-11(19)10(22-12(17)20)4-6-3-9(21-2)8(18)5-7(6)13(14,15)16;1-15-11(17)7(20-12(15)18)4-5-3-6(19-2)10(16)9(14)8(5)13/h5-7,18H,2-4H2,1H3;5-6,16H,3-4H2,1-2H3;4-6,17H,2-3H2,1H3;2-6,17H,1H3;3-5,18H,1-2H3;3-4,16H,1-2H3/b12-6-;12-8-;2*11-5-;10-4-;7-4-. The highest BCUT2D eigenvalue weighted by atomic mass is 79.9. The minimum Gasteiger partial charge on any atom is -0.504 e. The predicted octanol–water partition coefficient (Wildman–Crippen LogP) is 12.3. The number of aryl methyl sites for hydroxylation is 1. The van der Waals surface area contributed by atoms with Gasteiger partial charge in [0.25, 0.3) is 50.1 Å². The van der Waals surface area contributed by atoms with E-state index in [1.165, 1.54) is 120 Å². The maximum absolute atomic E-state index is 13.8. The molecule has 1 aliphatic carbocycles. The molecule has 4 aromatic heterocycles. The maximum Gasteiger partial charge on any atom is 0.417 e. The molecule has 0 atom stereocenters. The first-order valence-electron chi connectivity index (χ1n) is 35.3. The number of imide groups is 3. The number of allylic oxidation sites excluding steroid dienone is 1. The predicted molar refractivity (Wildman–Crippen MR) is 471 cm³/mol. The molecule has 30 nitrogen and oxygen atoms in total. The minimum absolute atomic E-state index is 0.0151. The van der Waals surface area contributed by atoms with Crippen LogP contribution in [0, 0.1) is 5.82 Å². The van der Waals surface area contributed by atoms with E-state index in [0.29, 0.717) is 97.2 Å². The number of fused-ring (bicyclic) bond motifs is 4. The molecule has 10 aromatic rings. The molecule has 6 amide bonds. The van der Waals surface area contributed by atoms with Crippen LogP contribution in [-0.4, -0.2) is 174 Å². The van der Waals surface area contributed by atoms with Gasteiger partial charge in [0.1, 0.15) is 0 Å². The Bertz CT molecular complexity index is 6650. The van der Waals surface area contributed by atoms with E-state index in [-0.39, 0.29) is 87.7 Å². The van der Waals surface area contributed by atoms with Crippen LogP contribution in [0.1, 0.15) is 57.3 Å². The van der Waals surface area contributed by atoms with Crippen molar-refractivity contribution in [2.24, 2.45) is 9.98 Å². The van der Waals surface area contributed by atoms with Gasteiger partial charge in [0.2, 0.25) is 0 Å². The van der Waals surface area contributed by atoms with Crippen LogP contribution in [0.15, 0.2) is 136 Å². The fourth-order valence-electron chi connectivity index (χ4n) is 12.0. The number of thioether (sulfide) groups is 3. The van der Waals surface area contributed by atoms with Gasteiger partial charge >= 0.3 is 6.18 Å². The van der Waals surface area contributed by atoms with Crippen molar-refractivity contribution in [3.8, 4) is 69.0 Å². The number of ether oxygens (including phenoxy) is 6. The topological polar surface area (TPSA) is 392 Å². The number of phenols is 6. The SMILES string of the molecule is COc1cc(/C=C2\SC(=O)N(C)C2=O)c(Br)c(F)c1O.COc1cc(/C=C2\SC(=O)N(C)C2=O)c(C(F)(F)F)cc1O.COc1cc(/C=c2\sc3n(c2=O)CCCN=3)c(Br)cc1O.COc1cc(/C=c2\sc3n(c2=O)CCN=3)c(Br)cc1O.COc1cc(/C=c2\sc3nccn3c2=O)c(Br)cc1O.COc1cc2c(cc1O)CC/C2=C1/SC(=O)N(C)C1=O. The highest BCUT2D eigenvalue weighted by Gasteiger charge is 2.39. The summed E-state index contributed by atoms with van der Waals surface area (Å²) in [5, 5.41) is 56.7. The summed E-state index contributed by atoms with van der Waals surface area (Å²) < 4.78 is 91.7. The molecule has 3 saturated heterocycles. The van der Waals surface area contributed by atoms with Crippen molar-refractivity contribution >= 4 is 207 Å². The lowest BCUT2D eigenvalue weighted by Crippen LogP contribution is -2.33.